The third-order valence-electron chi connectivity index (χ3n) is 3.41. The van der Waals surface area contributed by atoms with Crippen LogP contribution in [0.15, 0.2) is 18.3 Å². The van der Waals surface area contributed by atoms with Crippen molar-refractivity contribution in [3.05, 3.63) is 24.0 Å². The first-order chi connectivity index (χ1) is 8.22. The van der Waals surface area contributed by atoms with Gasteiger partial charge in [0.05, 0.1) is 29.8 Å². The van der Waals surface area contributed by atoms with E-state index < -0.39 is 0 Å². The van der Waals surface area contributed by atoms with Gasteiger partial charge < -0.3 is 15.4 Å². The molecule has 2 saturated heterocycles. The normalized spacial score (nSPS) is 27.2. The van der Waals surface area contributed by atoms with Crippen molar-refractivity contribution in [2.24, 2.45) is 5.73 Å². The average Bonchev–Trinajstić information content (AvgIpc) is 2.68. The Balaban J connectivity index is 1.78. The van der Waals surface area contributed by atoms with Gasteiger partial charge in [0.2, 0.25) is 0 Å². The fourth-order valence-electron chi connectivity index (χ4n) is 2.54. The SMILES string of the molecule is NC(=S)c1ccc(N2CC3CCC(C2)O3)cn1. The molecule has 0 spiro atoms. The van der Waals surface area contributed by atoms with Crippen molar-refractivity contribution in [1.82, 2.24) is 4.98 Å². The number of morpholine rings is 1. The van der Waals surface area contributed by atoms with Crippen molar-refractivity contribution in [2.45, 2.75) is 25.0 Å². The molecule has 5 heteroatoms. The van der Waals surface area contributed by atoms with Gasteiger partial charge in [-0.05, 0) is 25.0 Å². The minimum absolute atomic E-state index is 0.346. The van der Waals surface area contributed by atoms with Crippen LogP contribution in [0.5, 0.6) is 0 Å². The molecule has 1 aromatic heterocycles. The molecule has 1 aromatic rings. The van der Waals surface area contributed by atoms with Crippen LogP contribution in [-0.4, -0.2) is 35.3 Å². The molecule has 0 saturated carbocycles. The molecule has 0 amide bonds. The Bertz CT molecular complexity index is 422. The third-order valence-corrected chi connectivity index (χ3v) is 3.62. The van der Waals surface area contributed by atoms with Crippen LogP contribution < -0.4 is 10.6 Å². The average molecular weight is 249 g/mol. The zero-order chi connectivity index (χ0) is 11.8. The van der Waals surface area contributed by atoms with Gasteiger partial charge in [0, 0.05) is 13.1 Å². The molecule has 90 valence electrons. The van der Waals surface area contributed by atoms with E-state index in [0.29, 0.717) is 22.9 Å². The van der Waals surface area contributed by atoms with Crippen LogP contribution in [0.2, 0.25) is 0 Å². The molecule has 0 aliphatic carbocycles. The molecule has 2 fully saturated rings. The number of hydrogen-bond acceptors (Lipinski definition) is 4. The highest BCUT2D eigenvalue weighted by molar-refractivity contribution is 7.80. The molecule has 3 rings (SSSR count). The molecular weight excluding hydrogens is 234 g/mol. The van der Waals surface area contributed by atoms with Crippen molar-refractivity contribution in [3.63, 3.8) is 0 Å². The predicted octanol–water partition coefficient (Wildman–Crippen LogP) is 1.08. The number of aromatic nitrogens is 1. The van der Waals surface area contributed by atoms with E-state index in [4.69, 9.17) is 22.7 Å². The summed E-state index contributed by atoms with van der Waals surface area (Å²) in [4.78, 5) is 6.96. The van der Waals surface area contributed by atoms with Crippen LogP contribution in [0.25, 0.3) is 0 Å². The van der Waals surface area contributed by atoms with Crippen molar-refractivity contribution < 1.29 is 4.74 Å². The van der Waals surface area contributed by atoms with Crippen LogP contribution in [0.3, 0.4) is 0 Å². The molecule has 4 nitrogen and oxygen atoms in total. The summed E-state index contributed by atoms with van der Waals surface area (Å²) in [6.45, 7) is 1.93. The highest BCUT2D eigenvalue weighted by Crippen LogP contribution is 2.29. The number of anilines is 1. The molecule has 2 unspecified atom stereocenters. The molecule has 2 N–H and O–H groups in total. The molecule has 2 aliphatic rings. The van der Waals surface area contributed by atoms with E-state index in [1.54, 1.807) is 0 Å². The Morgan fingerprint density at radius 1 is 1.35 bits per heavy atom. The maximum atomic E-state index is 5.81. The summed E-state index contributed by atoms with van der Waals surface area (Å²) >= 11 is 4.89. The van der Waals surface area contributed by atoms with Crippen LogP contribution in [0.4, 0.5) is 5.69 Å². The van der Waals surface area contributed by atoms with Crippen molar-refractivity contribution in [2.75, 3.05) is 18.0 Å². The lowest BCUT2D eigenvalue weighted by Gasteiger charge is -2.33. The third kappa shape index (κ3) is 2.12. The first-order valence-corrected chi connectivity index (χ1v) is 6.29. The van der Waals surface area contributed by atoms with Gasteiger partial charge in [-0.25, -0.2) is 0 Å². The minimum atomic E-state index is 0.346. The number of ether oxygens (including phenoxy) is 1. The van der Waals surface area contributed by atoms with Crippen LogP contribution in [0, 0.1) is 0 Å². The van der Waals surface area contributed by atoms with Gasteiger partial charge in [-0.1, -0.05) is 12.2 Å². The number of hydrogen-bond donors (Lipinski definition) is 1. The first kappa shape index (κ1) is 10.9. The van der Waals surface area contributed by atoms with Gasteiger partial charge in [-0.15, -0.1) is 0 Å². The van der Waals surface area contributed by atoms with E-state index in [9.17, 15) is 0 Å². The van der Waals surface area contributed by atoms with Gasteiger partial charge in [0.25, 0.3) is 0 Å². The largest absolute Gasteiger partial charge is 0.388 e. The van der Waals surface area contributed by atoms with Crippen LogP contribution in [-0.2, 0) is 4.74 Å². The highest BCUT2D eigenvalue weighted by atomic mass is 32.1. The summed E-state index contributed by atoms with van der Waals surface area (Å²) in [6.07, 6.45) is 4.99. The van der Waals surface area contributed by atoms with Gasteiger partial charge >= 0.3 is 0 Å². The van der Waals surface area contributed by atoms with E-state index in [1.807, 2.05) is 18.3 Å². The standard InChI is InChI=1S/C12H15N3OS/c13-12(17)11-4-1-8(5-14-11)15-6-9-2-3-10(7-15)16-9/h1,4-5,9-10H,2-3,6-7H2,(H2,13,17). The summed E-state index contributed by atoms with van der Waals surface area (Å²) < 4.78 is 5.81. The number of thiocarbonyl (C=S) groups is 1. The zero-order valence-electron chi connectivity index (χ0n) is 9.50. The lowest BCUT2D eigenvalue weighted by atomic mass is 10.2. The Morgan fingerprint density at radius 2 is 2.06 bits per heavy atom. The van der Waals surface area contributed by atoms with Crippen molar-refractivity contribution in [1.29, 1.82) is 0 Å². The number of nitrogens with zero attached hydrogens (tertiary/aromatic N) is 2. The van der Waals surface area contributed by atoms with E-state index >= 15 is 0 Å². The van der Waals surface area contributed by atoms with Gasteiger partial charge in [-0.2, -0.15) is 0 Å². The van der Waals surface area contributed by atoms with E-state index in [-0.39, 0.29) is 0 Å². The zero-order valence-corrected chi connectivity index (χ0v) is 10.3. The second-order valence-electron chi connectivity index (χ2n) is 4.63. The quantitative estimate of drug-likeness (QED) is 0.795. The molecule has 3 heterocycles. The Labute approximate surface area is 106 Å². The van der Waals surface area contributed by atoms with E-state index in [1.165, 1.54) is 12.8 Å². The monoisotopic (exact) mass is 249 g/mol. The first-order valence-electron chi connectivity index (χ1n) is 5.88. The molecule has 17 heavy (non-hydrogen) atoms. The molecular formula is C12H15N3OS. The summed E-state index contributed by atoms with van der Waals surface area (Å²) in [5.41, 5.74) is 7.34. The molecule has 2 bridgehead atoms. The second kappa shape index (κ2) is 4.23. The van der Waals surface area contributed by atoms with Gasteiger partial charge in [0.15, 0.2) is 0 Å². The van der Waals surface area contributed by atoms with E-state index in [0.717, 1.165) is 18.8 Å². The molecule has 0 radical (unpaired) electrons. The smallest absolute Gasteiger partial charge is 0.122 e. The fourth-order valence-corrected chi connectivity index (χ4v) is 2.67. The Hall–Kier alpha value is -1.20. The Kier molecular flexibility index (Phi) is 2.72. The van der Waals surface area contributed by atoms with Gasteiger partial charge in [0.1, 0.15) is 4.99 Å². The van der Waals surface area contributed by atoms with Crippen molar-refractivity contribution in [3.8, 4) is 0 Å². The number of nitrogens with two attached hydrogens (primary N) is 1. The van der Waals surface area contributed by atoms with Crippen LogP contribution in [0.1, 0.15) is 18.5 Å². The summed E-state index contributed by atoms with van der Waals surface area (Å²) in [5, 5.41) is 0. The van der Waals surface area contributed by atoms with Crippen molar-refractivity contribution >= 4 is 22.9 Å². The summed E-state index contributed by atoms with van der Waals surface area (Å²) in [7, 11) is 0. The van der Waals surface area contributed by atoms with E-state index in [2.05, 4.69) is 9.88 Å². The summed E-state index contributed by atoms with van der Waals surface area (Å²) in [5.74, 6) is 0. The molecule has 2 aliphatic heterocycles. The molecule has 0 aromatic carbocycles. The maximum Gasteiger partial charge on any atom is 0.122 e. The minimum Gasteiger partial charge on any atom is -0.388 e. The molecule has 2 atom stereocenters. The van der Waals surface area contributed by atoms with Gasteiger partial charge in [-0.3, -0.25) is 4.98 Å². The highest BCUT2D eigenvalue weighted by Gasteiger charge is 2.33. The lowest BCUT2D eigenvalue weighted by molar-refractivity contribution is 0.0305. The number of fused-ring (bicyclic) bond motifs is 2. The number of pyridine rings is 1. The maximum absolute atomic E-state index is 5.81. The Morgan fingerprint density at radius 3 is 2.59 bits per heavy atom. The predicted molar refractivity (Wildman–Crippen MR) is 70.2 cm³/mol. The lowest BCUT2D eigenvalue weighted by Crippen LogP contribution is -2.42. The summed E-state index contributed by atoms with van der Waals surface area (Å²) in [6, 6.07) is 3.92. The topological polar surface area (TPSA) is 51.4 Å². The van der Waals surface area contributed by atoms with Crippen LogP contribution >= 0.6 is 12.2 Å². The second-order valence-corrected chi connectivity index (χ2v) is 5.07. The fraction of sp³-hybridized carbons (Fsp3) is 0.500. The number of rotatable bonds is 2.